The molecule has 8 rings (SSSR count). The van der Waals surface area contributed by atoms with Crippen LogP contribution in [0.1, 0.15) is 88.6 Å². The number of amides is 3. The summed E-state index contributed by atoms with van der Waals surface area (Å²) < 4.78 is 5.26. The van der Waals surface area contributed by atoms with Crippen LogP contribution in [0, 0.1) is 27.7 Å². The van der Waals surface area contributed by atoms with Crippen molar-refractivity contribution in [3.05, 3.63) is 103 Å². The Kier molecular flexibility index (Phi) is 17.2. The monoisotopic (exact) mass is 1020 g/mol. The fourth-order valence-corrected chi connectivity index (χ4v) is 9.95. The van der Waals surface area contributed by atoms with E-state index in [1.807, 2.05) is 37.5 Å². The smallest absolute Gasteiger partial charge is 0.412 e. The lowest BCUT2D eigenvalue weighted by Crippen LogP contribution is -2.42. The molecule has 5 N–H and O–H groups in total. The van der Waals surface area contributed by atoms with E-state index in [1.54, 1.807) is 104 Å². The molecule has 2 saturated heterocycles. The number of thiazole rings is 2. The largest absolute Gasteiger partial charge is 0.444 e. The number of nitrogen functional groups attached to an aromatic ring is 1. The summed E-state index contributed by atoms with van der Waals surface area (Å²) in [7, 11) is 0. The van der Waals surface area contributed by atoms with Gasteiger partial charge in [0.05, 0.1) is 53.6 Å². The van der Waals surface area contributed by atoms with Crippen LogP contribution in [0.4, 0.5) is 28.1 Å². The number of hydrogen-bond donors (Lipinski definition) is 4. The Hall–Kier alpha value is -5.66. The summed E-state index contributed by atoms with van der Waals surface area (Å²) in [6.45, 7) is 15.8. The van der Waals surface area contributed by atoms with Crippen LogP contribution in [0.15, 0.2) is 60.9 Å². The Morgan fingerprint density at radius 3 is 1.43 bits per heavy atom. The summed E-state index contributed by atoms with van der Waals surface area (Å²) >= 11 is 15.9. The maximum Gasteiger partial charge on any atom is 0.412 e. The third kappa shape index (κ3) is 13.5. The molecule has 6 aromatic rings. The van der Waals surface area contributed by atoms with Crippen molar-refractivity contribution in [2.45, 2.75) is 91.8 Å². The van der Waals surface area contributed by atoms with Gasteiger partial charge in [-0.3, -0.25) is 14.9 Å². The number of aromatic nitrogens is 6. The summed E-state index contributed by atoms with van der Waals surface area (Å²) in [5.74, 6) is 1.06. The molecule has 0 unspecified atom stereocenters. The van der Waals surface area contributed by atoms with Gasteiger partial charge in [-0.1, -0.05) is 23.2 Å². The Morgan fingerprint density at radius 1 is 0.662 bits per heavy atom. The molecule has 3 amide bonds. The van der Waals surface area contributed by atoms with E-state index >= 15 is 0 Å². The summed E-state index contributed by atoms with van der Waals surface area (Å²) in [4.78, 5) is 70.2. The van der Waals surface area contributed by atoms with Crippen molar-refractivity contribution in [1.29, 1.82) is 0 Å². The van der Waals surface area contributed by atoms with Crippen molar-refractivity contribution in [3.63, 3.8) is 0 Å². The average molecular weight is 1020 g/mol. The van der Waals surface area contributed by atoms with Crippen molar-refractivity contribution < 1.29 is 19.1 Å². The molecular formula is C47H55Cl3N12O4S2. The molecule has 2 fully saturated rings. The Balaban J connectivity index is 0.000000225. The molecule has 2 aromatic carbocycles. The van der Waals surface area contributed by atoms with E-state index in [0.29, 0.717) is 82.0 Å². The minimum Gasteiger partial charge on any atom is -0.444 e. The molecule has 0 bridgehead atoms. The zero-order chi connectivity index (χ0) is 48.0. The zero-order valence-corrected chi connectivity index (χ0v) is 42.8. The highest BCUT2D eigenvalue weighted by atomic mass is 35.5. The molecule has 2 aliphatic heterocycles. The van der Waals surface area contributed by atoms with Gasteiger partial charge >= 0.3 is 6.09 Å². The summed E-state index contributed by atoms with van der Waals surface area (Å²) in [6.07, 6.45) is 5.88. The van der Waals surface area contributed by atoms with Gasteiger partial charge in [0.25, 0.3) is 11.8 Å². The van der Waals surface area contributed by atoms with Crippen LogP contribution in [-0.2, 0) is 4.74 Å². The van der Waals surface area contributed by atoms with E-state index in [2.05, 4.69) is 45.9 Å². The van der Waals surface area contributed by atoms with Crippen LogP contribution in [0.2, 0.25) is 10.0 Å². The lowest BCUT2D eigenvalue weighted by Gasteiger charge is -2.32. The molecule has 0 saturated carbocycles. The zero-order valence-electron chi connectivity index (χ0n) is 38.9. The quantitative estimate of drug-likeness (QED) is 0.0996. The number of nitrogens with zero attached hydrogens (tertiary/aromatic N) is 8. The fourth-order valence-electron chi connectivity index (χ4n) is 7.62. The van der Waals surface area contributed by atoms with E-state index in [1.165, 1.54) is 0 Å². The van der Waals surface area contributed by atoms with Crippen LogP contribution < -0.4 is 21.7 Å². The first-order valence-electron chi connectivity index (χ1n) is 21.9. The van der Waals surface area contributed by atoms with Gasteiger partial charge in [0.15, 0.2) is 0 Å². The van der Waals surface area contributed by atoms with E-state index < -0.39 is 11.7 Å². The van der Waals surface area contributed by atoms with Crippen LogP contribution in [0.5, 0.6) is 0 Å². The van der Waals surface area contributed by atoms with E-state index in [-0.39, 0.29) is 36.3 Å². The third-order valence-electron chi connectivity index (χ3n) is 10.9. The summed E-state index contributed by atoms with van der Waals surface area (Å²) in [6, 6.07) is 14.2. The van der Waals surface area contributed by atoms with Gasteiger partial charge in [0.2, 0.25) is 11.9 Å². The number of ether oxygens (including phenoxy) is 1. The molecule has 16 nitrogen and oxygen atoms in total. The van der Waals surface area contributed by atoms with Crippen LogP contribution in [-0.4, -0.2) is 101 Å². The molecule has 21 heteroatoms. The Labute approximate surface area is 420 Å². The van der Waals surface area contributed by atoms with Gasteiger partial charge in [-0.05, 0) is 123 Å². The van der Waals surface area contributed by atoms with Gasteiger partial charge in [0.1, 0.15) is 17.0 Å². The number of piperidine rings is 2. The predicted molar refractivity (Wildman–Crippen MR) is 275 cm³/mol. The van der Waals surface area contributed by atoms with E-state index in [9.17, 15) is 14.4 Å². The maximum absolute atomic E-state index is 13.0. The van der Waals surface area contributed by atoms with Gasteiger partial charge in [-0.2, -0.15) is 0 Å². The molecule has 360 valence electrons. The lowest BCUT2D eigenvalue weighted by atomic mass is 10.0. The lowest BCUT2D eigenvalue weighted by molar-refractivity contribution is 0.0634. The number of anilines is 4. The first-order chi connectivity index (χ1) is 31.9. The van der Waals surface area contributed by atoms with Crippen LogP contribution in [0.3, 0.4) is 0 Å². The topological polar surface area (TPSA) is 206 Å². The number of likely N-dealkylation sites (tertiary alicyclic amines) is 2. The van der Waals surface area contributed by atoms with Crippen molar-refractivity contribution >= 4 is 99.5 Å². The standard InChI is InChI=1S/C26H31ClN6O3S.C21H23ClN6OS.ClH/c1-15-22(37-16(2)29-15)21-20(27)14-28-24(32-21)30-19-10-12-33(13-11-19)23(34)17-6-8-18(9-7-17)31-25(35)36-26(3,4)5;1-12-19(30-13(2)25-12)18-17(22)11-24-21(27-18)26-16-7-9-28(10-8-16)20(29)14-3-5-15(23)6-4-14;/h6-9,14,19H,10-13H2,1-5H3,(H,31,35)(H,28,30,32);3-6,11,16H,7-10,23H2,1-2H3,(H,24,26,27);1H. The Morgan fingerprint density at radius 2 is 1.06 bits per heavy atom. The second-order valence-electron chi connectivity index (χ2n) is 17.3. The SMILES string of the molecule is Cc1nc(C)c(-c2nc(NC3CCN(C(=O)c4ccc(N)cc4)CC3)ncc2Cl)s1.Cc1nc(C)c(-c2nc(NC3CCN(C(=O)c4ccc(NC(=O)OC(C)(C)C)cc4)CC3)ncc2Cl)s1.Cl. The number of rotatable bonds is 9. The molecule has 0 spiro atoms. The summed E-state index contributed by atoms with van der Waals surface area (Å²) in [5, 5.41) is 12.4. The molecule has 4 aromatic heterocycles. The van der Waals surface area contributed by atoms with Gasteiger partial charge in [-0.25, -0.2) is 34.7 Å². The maximum atomic E-state index is 13.0. The van der Waals surface area contributed by atoms with Crippen LogP contribution >= 0.6 is 58.3 Å². The molecule has 68 heavy (non-hydrogen) atoms. The normalized spacial score (nSPS) is 14.3. The fraction of sp³-hybridized carbons (Fsp3) is 0.383. The number of carbonyl (C=O) groups is 3. The molecule has 0 atom stereocenters. The first kappa shape index (κ1) is 51.7. The highest BCUT2D eigenvalue weighted by Gasteiger charge is 2.27. The second kappa shape index (κ2) is 22.6. The number of aryl methyl sites for hydroxylation is 4. The highest BCUT2D eigenvalue weighted by Crippen LogP contribution is 2.35. The van der Waals surface area contributed by atoms with Crippen molar-refractivity contribution in [1.82, 2.24) is 39.7 Å². The van der Waals surface area contributed by atoms with Gasteiger partial charge in [-0.15, -0.1) is 35.1 Å². The van der Waals surface area contributed by atoms with E-state index in [4.69, 9.17) is 33.7 Å². The second-order valence-corrected chi connectivity index (χ2v) is 20.5. The summed E-state index contributed by atoms with van der Waals surface area (Å²) in [5.41, 5.74) is 10.8. The molecule has 6 heterocycles. The number of hydrogen-bond acceptors (Lipinski definition) is 15. The molecular weight excluding hydrogens is 967 g/mol. The first-order valence-corrected chi connectivity index (χ1v) is 24.3. The number of nitrogens with two attached hydrogens (primary N) is 1. The average Bonchev–Trinajstić information content (AvgIpc) is 3.82. The van der Waals surface area contributed by atoms with Crippen molar-refractivity contribution in [3.8, 4) is 21.1 Å². The van der Waals surface area contributed by atoms with Crippen molar-refractivity contribution in [2.24, 2.45) is 0 Å². The number of benzene rings is 2. The number of nitrogens with one attached hydrogen (secondary N) is 3. The molecule has 0 radical (unpaired) electrons. The molecule has 0 aliphatic carbocycles. The van der Waals surface area contributed by atoms with Crippen molar-refractivity contribution in [2.75, 3.05) is 47.9 Å². The van der Waals surface area contributed by atoms with Gasteiger partial charge < -0.3 is 30.9 Å². The number of halogens is 3. The minimum absolute atomic E-state index is 0. The van der Waals surface area contributed by atoms with Gasteiger partial charge in [0, 0.05) is 60.8 Å². The Bertz CT molecular complexity index is 2710. The predicted octanol–water partition coefficient (Wildman–Crippen LogP) is 10.5. The minimum atomic E-state index is -0.581. The third-order valence-corrected chi connectivity index (χ3v) is 13.6. The molecule has 2 aliphatic rings. The van der Waals surface area contributed by atoms with Crippen LogP contribution in [0.25, 0.3) is 21.1 Å². The van der Waals surface area contributed by atoms with E-state index in [0.717, 1.165) is 56.8 Å². The number of carbonyl (C=O) groups excluding carboxylic acids is 3. The highest BCUT2D eigenvalue weighted by molar-refractivity contribution is 7.15.